The monoisotopic (exact) mass is 425 g/mol. The molecule has 28 heavy (non-hydrogen) atoms. The number of hydrogen-bond acceptors (Lipinski definition) is 4. The van der Waals surface area contributed by atoms with Crippen LogP contribution >= 0.6 is 12.4 Å². The molecule has 2 aromatic carbocycles. The largest absolute Gasteiger partial charge is 0.345 e. The third-order valence-corrected chi connectivity index (χ3v) is 6.32. The third-order valence-electron chi connectivity index (χ3n) is 4.94. The molecular weight excluding hydrogens is 398 g/mol. The molecule has 4 N–H and O–H groups in total. The van der Waals surface area contributed by atoms with Crippen molar-refractivity contribution in [2.75, 3.05) is 11.3 Å². The summed E-state index contributed by atoms with van der Waals surface area (Å²) in [4.78, 5) is 12.6. The minimum absolute atomic E-state index is 0. The summed E-state index contributed by atoms with van der Waals surface area (Å²) < 4.78 is 27.7. The number of benzene rings is 2. The lowest BCUT2D eigenvalue weighted by Gasteiger charge is -2.31. The van der Waals surface area contributed by atoms with Crippen LogP contribution in [0.1, 0.15) is 42.6 Å². The van der Waals surface area contributed by atoms with Crippen molar-refractivity contribution in [1.29, 1.82) is 0 Å². The number of para-hydroxylation sites is 1. The molecule has 0 spiro atoms. The van der Waals surface area contributed by atoms with Gasteiger partial charge in [-0.3, -0.25) is 9.52 Å². The van der Waals surface area contributed by atoms with Gasteiger partial charge >= 0.3 is 0 Å². The SMILES string of the molecule is CCC(CC)(CN)NC(=O)c1ccc(S(=O)(=O)Nc2ccccc2C)cc1.Cl. The van der Waals surface area contributed by atoms with Crippen molar-refractivity contribution in [2.45, 2.75) is 44.0 Å². The number of sulfonamides is 1. The van der Waals surface area contributed by atoms with Gasteiger partial charge in [-0.25, -0.2) is 8.42 Å². The van der Waals surface area contributed by atoms with Crippen molar-refractivity contribution in [2.24, 2.45) is 5.73 Å². The van der Waals surface area contributed by atoms with Crippen LogP contribution in [-0.2, 0) is 10.0 Å². The summed E-state index contributed by atoms with van der Waals surface area (Å²) in [5.41, 5.74) is 7.12. The lowest BCUT2D eigenvalue weighted by atomic mass is 9.92. The van der Waals surface area contributed by atoms with Gasteiger partial charge in [0.1, 0.15) is 0 Å². The molecule has 2 rings (SSSR count). The van der Waals surface area contributed by atoms with Crippen LogP contribution in [0.15, 0.2) is 53.4 Å². The molecule has 0 bridgehead atoms. The standard InChI is InChI=1S/C20H27N3O3S.ClH/c1-4-20(5-2,14-21)22-19(24)16-10-12-17(13-11-16)27(25,26)23-18-9-7-6-8-15(18)3;/h6-13,23H,4-5,14,21H2,1-3H3,(H,22,24);1H. The van der Waals surface area contributed by atoms with Crippen LogP contribution in [0.4, 0.5) is 5.69 Å². The van der Waals surface area contributed by atoms with Crippen molar-refractivity contribution in [3.05, 3.63) is 59.7 Å². The van der Waals surface area contributed by atoms with E-state index in [0.717, 1.165) is 18.4 Å². The Balaban J connectivity index is 0.00000392. The van der Waals surface area contributed by atoms with Crippen LogP contribution in [-0.4, -0.2) is 26.4 Å². The van der Waals surface area contributed by atoms with E-state index in [9.17, 15) is 13.2 Å². The summed E-state index contributed by atoms with van der Waals surface area (Å²) in [6.07, 6.45) is 1.44. The molecule has 154 valence electrons. The lowest BCUT2D eigenvalue weighted by Crippen LogP contribution is -2.52. The number of amides is 1. The number of nitrogens with one attached hydrogen (secondary N) is 2. The smallest absolute Gasteiger partial charge is 0.261 e. The van der Waals surface area contributed by atoms with Gasteiger partial charge in [-0.15, -0.1) is 12.4 Å². The Bertz CT molecular complexity index is 887. The minimum Gasteiger partial charge on any atom is -0.345 e. The first-order chi connectivity index (χ1) is 12.8. The molecule has 0 aliphatic heterocycles. The molecule has 0 heterocycles. The second-order valence-corrected chi connectivity index (χ2v) is 8.27. The van der Waals surface area contributed by atoms with Crippen molar-refractivity contribution in [1.82, 2.24) is 5.32 Å². The Hall–Kier alpha value is -2.09. The van der Waals surface area contributed by atoms with Crippen LogP contribution in [0.3, 0.4) is 0 Å². The van der Waals surface area contributed by atoms with Gasteiger partial charge in [0.05, 0.1) is 16.1 Å². The van der Waals surface area contributed by atoms with Gasteiger partial charge in [0.15, 0.2) is 0 Å². The maximum atomic E-state index is 12.6. The number of aryl methyl sites for hydroxylation is 1. The summed E-state index contributed by atoms with van der Waals surface area (Å²) in [7, 11) is -3.73. The number of nitrogens with two attached hydrogens (primary N) is 1. The number of hydrogen-bond donors (Lipinski definition) is 3. The highest BCUT2D eigenvalue weighted by atomic mass is 35.5. The van der Waals surface area contributed by atoms with E-state index in [1.807, 2.05) is 32.9 Å². The van der Waals surface area contributed by atoms with Gasteiger partial charge in [0.2, 0.25) is 0 Å². The van der Waals surface area contributed by atoms with Gasteiger partial charge in [0, 0.05) is 12.1 Å². The van der Waals surface area contributed by atoms with E-state index in [0.29, 0.717) is 17.8 Å². The zero-order chi connectivity index (χ0) is 20.1. The van der Waals surface area contributed by atoms with E-state index >= 15 is 0 Å². The zero-order valence-corrected chi connectivity index (χ0v) is 18.0. The molecule has 0 aliphatic rings. The molecule has 0 saturated carbocycles. The quantitative estimate of drug-likeness (QED) is 0.602. The minimum atomic E-state index is -3.73. The van der Waals surface area contributed by atoms with Crippen LogP contribution in [0, 0.1) is 6.92 Å². The highest BCUT2D eigenvalue weighted by molar-refractivity contribution is 7.92. The van der Waals surface area contributed by atoms with Crippen LogP contribution in [0.25, 0.3) is 0 Å². The molecule has 2 aromatic rings. The fourth-order valence-corrected chi connectivity index (χ4v) is 3.89. The summed E-state index contributed by atoms with van der Waals surface area (Å²) in [6, 6.07) is 13.0. The predicted octanol–water partition coefficient (Wildman–Crippen LogP) is 3.46. The number of rotatable bonds is 8. The molecule has 8 heteroatoms. The van der Waals surface area contributed by atoms with Crippen molar-refractivity contribution in [3.8, 4) is 0 Å². The molecule has 0 atom stereocenters. The zero-order valence-electron chi connectivity index (χ0n) is 16.4. The fraction of sp³-hybridized carbons (Fsp3) is 0.350. The summed E-state index contributed by atoms with van der Waals surface area (Å²) >= 11 is 0. The number of anilines is 1. The lowest BCUT2D eigenvalue weighted by molar-refractivity contribution is 0.0895. The first-order valence-corrected chi connectivity index (χ1v) is 10.5. The Labute approximate surface area is 173 Å². The van der Waals surface area contributed by atoms with E-state index in [1.165, 1.54) is 24.3 Å². The van der Waals surface area contributed by atoms with E-state index in [-0.39, 0.29) is 23.2 Å². The Kier molecular flexibility index (Phi) is 8.48. The van der Waals surface area contributed by atoms with Crippen LogP contribution in [0.2, 0.25) is 0 Å². The average Bonchev–Trinajstić information content (AvgIpc) is 2.68. The number of carbonyl (C=O) groups is 1. The molecule has 0 radical (unpaired) electrons. The predicted molar refractivity (Wildman–Crippen MR) is 116 cm³/mol. The average molecular weight is 426 g/mol. The molecule has 6 nitrogen and oxygen atoms in total. The van der Waals surface area contributed by atoms with E-state index in [4.69, 9.17) is 5.73 Å². The van der Waals surface area contributed by atoms with Gasteiger partial charge < -0.3 is 11.1 Å². The first-order valence-electron chi connectivity index (χ1n) is 8.98. The highest BCUT2D eigenvalue weighted by Crippen LogP contribution is 2.20. The Morgan fingerprint density at radius 3 is 2.11 bits per heavy atom. The van der Waals surface area contributed by atoms with Crippen molar-refractivity contribution in [3.63, 3.8) is 0 Å². The number of carbonyl (C=O) groups excluding carboxylic acids is 1. The van der Waals surface area contributed by atoms with Crippen LogP contribution in [0.5, 0.6) is 0 Å². The fourth-order valence-electron chi connectivity index (χ4n) is 2.76. The third kappa shape index (κ3) is 5.47. The topological polar surface area (TPSA) is 101 Å². The normalized spacial score (nSPS) is 11.4. The molecule has 0 unspecified atom stereocenters. The van der Waals surface area contributed by atoms with E-state index < -0.39 is 15.6 Å². The first kappa shape index (κ1) is 23.9. The molecular formula is C20H28ClN3O3S. The Morgan fingerprint density at radius 1 is 1.04 bits per heavy atom. The maximum Gasteiger partial charge on any atom is 0.261 e. The summed E-state index contributed by atoms with van der Waals surface area (Å²) in [6.45, 7) is 6.13. The molecule has 1 amide bonds. The van der Waals surface area contributed by atoms with Crippen LogP contribution < -0.4 is 15.8 Å². The molecule has 0 aromatic heterocycles. The van der Waals surface area contributed by atoms with E-state index in [1.54, 1.807) is 12.1 Å². The summed E-state index contributed by atoms with van der Waals surface area (Å²) in [5.74, 6) is -0.264. The highest BCUT2D eigenvalue weighted by Gasteiger charge is 2.27. The molecule has 0 saturated heterocycles. The van der Waals surface area contributed by atoms with Gasteiger partial charge in [-0.1, -0.05) is 32.0 Å². The Morgan fingerprint density at radius 2 is 1.61 bits per heavy atom. The maximum absolute atomic E-state index is 12.6. The van der Waals surface area contributed by atoms with E-state index in [2.05, 4.69) is 10.0 Å². The second kappa shape index (κ2) is 9.91. The van der Waals surface area contributed by atoms with Crippen molar-refractivity contribution >= 4 is 34.0 Å². The second-order valence-electron chi connectivity index (χ2n) is 6.59. The molecule has 0 aliphatic carbocycles. The van der Waals surface area contributed by atoms with Crippen molar-refractivity contribution < 1.29 is 13.2 Å². The molecule has 0 fully saturated rings. The summed E-state index contributed by atoms with van der Waals surface area (Å²) in [5, 5.41) is 2.97. The number of halogens is 1. The van der Waals surface area contributed by atoms with Gasteiger partial charge in [-0.05, 0) is 55.7 Å². The van der Waals surface area contributed by atoms with Gasteiger partial charge in [0.25, 0.3) is 15.9 Å². The van der Waals surface area contributed by atoms with Gasteiger partial charge in [-0.2, -0.15) is 0 Å².